The summed E-state index contributed by atoms with van der Waals surface area (Å²) in [6.45, 7) is 4.17. The van der Waals surface area contributed by atoms with Gasteiger partial charge in [-0.25, -0.2) is 9.59 Å². The van der Waals surface area contributed by atoms with Gasteiger partial charge in [-0.1, -0.05) is 12.1 Å². The Morgan fingerprint density at radius 1 is 1.06 bits per heavy atom. The lowest BCUT2D eigenvalue weighted by Gasteiger charge is -2.10. The first-order chi connectivity index (χ1) is 14.9. The van der Waals surface area contributed by atoms with E-state index in [0.29, 0.717) is 29.1 Å². The fraction of sp³-hybridized carbons (Fsp3) is 0.292. The topological polar surface area (TPSA) is 92.0 Å². The number of rotatable bonds is 8. The van der Waals surface area contributed by atoms with E-state index in [1.165, 1.54) is 7.11 Å². The van der Waals surface area contributed by atoms with Crippen LogP contribution < -0.4 is 10.4 Å². The van der Waals surface area contributed by atoms with Crippen LogP contribution in [0.4, 0.5) is 0 Å². The molecule has 0 fully saturated rings. The number of esters is 2. The molecule has 0 bridgehead atoms. The summed E-state index contributed by atoms with van der Waals surface area (Å²) in [6.07, 6.45) is 0.393. The lowest BCUT2D eigenvalue weighted by atomic mass is 10.0. The summed E-state index contributed by atoms with van der Waals surface area (Å²) in [5, 5.41) is 0.785. The highest BCUT2D eigenvalue weighted by Crippen LogP contribution is 2.25. The first-order valence-electron chi connectivity index (χ1n) is 9.95. The first kappa shape index (κ1) is 22.1. The molecule has 1 aromatic heterocycles. The number of carbonyl (C=O) groups is 2. The van der Waals surface area contributed by atoms with Crippen LogP contribution in [0, 0.1) is 6.92 Å². The molecule has 0 atom stereocenters. The zero-order valence-electron chi connectivity index (χ0n) is 17.7. The van der Waals surface area contributed by atoms with E-state index >= 15 is 0 Å². The van der Waals surface area contributed by atoms with Crippen LogP contribution in [0.3, 0.4) is 0 Å². The minimum atomic E-state index is -0.468. The summed E-state index contributed by atoms with van der Waals surface area (Å²) in [7, 11) is 1.34. The van der Waals surface area contributed by atoms with Gasteiger partial charge in [0.05, 0.1) is 19.3 Å². The van der Waals surface area contributed by atoms with Crippen LogP contribution in [0.15, 0.2) is 51.7 Å². The maximum atomic E-state index is 12.4. The summed E-state index contributed by atoms with van der Waals surface area (Å²) in [5.74, 6) is -0.190. The van der Waals surface area contributed by atoms with Crippen molar-refractivity contribution in [2.75, 3.05) is 13.7 Å². The van der Waals surface area contributed by atoms with E-state index in [1.54, 1.807) is 43.3 Å². The molecular weight excluding hydrogens is 400 g/mol. The molecular formula is C24H24O7. The molecule has 0 unspecified atom stereocenters. The Bertz CT molecular complexity index is 1140. The Kier molecular flexibility index (Phi) is 7.07. The van der Waals surface area contributed by atoms with Crippen LogP contribution in [0.25, 0.3) is 11.0 Å². The number of aryl methyl sites for hydroxylation is 1. The van der Waals surface area contributed by atoms with Crippen molar-refractivity contribution in [2.45, 2.75) is 33.3 Å². The molecule has 7 heteroatoms. The SMILES string of the molecule is CCOC(=O)CCc1c(C)c2ccc(OCc3ccc(C(=O)OC)cc3)cc2oc1=O. The maximum absolute atomic E-state index is 12.4. The smallest absolute Gasteiger partial charge is 0.339 e. The van der Waals surface area contributed by atoms with Crippen LogP contribution in [-0.2, 0) is 27.3 Å². The van der Waals surface area contributed by atoms with Gasteiger partial charge >= 0.3 is 17.6 Å². The van der Waals surface area contributed by atoms with Crippen molar-refractivity contribution in [1.82, 2.24) is 0 Å². The van der Waals surface area contributed by atoms with Crippen molar-refractivity contribution in [1.29, 1.82) is 0 Å². The Morgan fingerprint density at radius 3 is 2.48 bits per heavy atom. The second-order valence-corrected chi connectivity index (χ2v) is 6.93. The highest BCUT2D eigenvalue weighted by atomic mass is 16.5. The Hall–Kier alpha value is -3.61. The standard InChI is InChI=1S/C24H24O7/c1-4-29-22(25)12-11-20-15(2)19-10-9-18(13-21(19)31-24(20)27)30-14-16-5-7-17(8-6-16)23(26)28-3/h5-10,13H,4,11-12,14H2,1-3H3. The number of ether oxygens (including phenoxy) is 3. The number of benzene rings is 2. The van der Waals surface area contributed by atoms with Gasteiger partial charge in [0.25, 0.3) is 0 Å². The maximum Gasteiger partial charge on any atom is 0.339 e. The summed E-state index contributed by atoms with van der Waals surface area (Å²) < 4.78 is 20.9. The number of hydrogen-bond acceptors (Lipinski definition) is 7. The highest BCUT2D eigenvalue weighted by Gasteiger charge is 2.14. The molecule has 0 spiro atoms. The molecule has 0 saturated heterocycles. The predicted molar refractivity (Wildman–Crippen MR) is 114 cm³/mol. The van der Waals surface area contributed by atoms with Crippen LogP contribution in [-0.4, -0.2) is 25.7 Å². The summed E-state index contributed by atoms with van der Waals surface area (Å²) in [6, 6.07) is 12.2. The molecule has 0 aliphatic heterocycles. The number of methoxy groups -OCH3 is 1. The largest absolute Gasteiger partial charge is 0.489 e. The lowest BCUT2D eigenvalue weighted by molar-refractivity contribution is -0.143. The molecule has 2 aromatic carbocycles. The van der Waals surface area contributed by atoms with E-state index in [4.69, 9.17) is 13.9 Å². The van der Waals surface area contributed by atoms with E-state index in [1.807, 2.05) is 13.0 Å². The van der Waals surface area contributed by atoms with Crippen molar-refractivity contribution in [3.8, 4) is 5.75 Å². The molecule has 0 amide bonds. The third kappa shape index (κ3) is 5.31. The third-order valence-electron chi connectivity index (χ3n) is 4.92. The van der Waals surface area contributed by atoms with Crippen molar-refractivity contribution in [3.05, 3.63) is 75.1 Å². The molecule has 0 radical (unpaired) electrons. The molecule has 0 saturated carbocycles. The van der Waals surface area contributed by atoms with E-state index in [0.717, 1.165) is 16.5 Å². The number of hydrogen-bond donors (Lipinski definition) is 0. The normalized spacial score (nSPS) is 10.7. The van der Waals surface area contributed by atoms with Gasteiger partial charge in [-0.3, -0.25) is 4.79 Å². The second kappa shape index (κ2) is 9.93. The van der Waals surface area contributed by atoms with Gasteiger partial charge in [0.1, 0.15) is 17.9 Å². The molecule has 1 heterocycles. The molecule has 7 nitrogen and oxygen atoms in total. The van der Waals surface area contributed by atoms with Crippen molar-refractivity contribution in [2.24, 2.45) is 0 Å². The summed E-state index contributed by atoms with van der Waals surface area (Å²) in [5.41, 5.74) is 2.54. The fourth-order valence-corrected chi connectivity index (χ4v) is 3.24. The zero-order valence-corrected chi connectivity index (χ0v) is 17.7. The van der Waals surface area contributed by atoms with Crippen LogP contribution in [0.5, 0.6) is 5.75 Å². The van der Waals surface area contributed by atoms with Gasteiger partial charge in [-0.05, 0) is 55.7 Å². The van der Waals surface area contributed by atoms with Crippen molar-refractivity contribution >= 4 is 22.9 Å². The highest BCUT2D eigenvalue weighted by molar-refractivity contribution is 5.89. The van der Waals surface area contributed by atoms with Crippen LogP contribution >= 0.6 is 0 Å². The van der Waals surface area contributed by atoms with Gasteiger partial charge in [0.2, 0.25) is 0 Å². The summed E-state index contributed by atoms with van der Waals surface area (Å²) in [4.78, 5) is 35.5. The van der Waals surface area contributed by atoms with Crippen molar-refractivity contribution in [3.63, 3.8) is 0 Å². The van der Waals surface area contributed by atoms with Crippen LogP contribution in [0.2, 0.25) is 0 Å². The van der Waals surface area contributed by atoms with Crippen molar-refractivity contribution < 1.29 is 28.2 Å². The third-order valence-corrected chi connectivity index (χ3v) is 4.92. The second-order valence-electron chi connectivity index (χ2n) is 6.93. The van der Waals surface area contributed by atoms with Gasteiger partial charge in [0, 0.05) is 23.4 Å². The first-order valence-corrected chi connectivity index (χ1v) is 9.95. The number of fused-ring (bicyclic) bond motifs is 1. The average molecular weight is 424 g/mol. The molecule has 31 heavy (non-hydrogen) atoms. The molecule has 3 aromatic rings. The minimum absolute atomic E-state index is 0.126. The van der Waals surface area contributed by atoms with Crippen LogP contribution in [0.1, 0.15) is 40.4 Å². The monoisotopic (exact) mass is 424 g/mol. The Balaban J connectivity index is 1.74. The van der Waals surface area contributed by atoms with E-state index in [2.05, 4.69) is 4.74 Å². The molecule has 162 valence electrons. The van der Waals surface area contributed by atoms with Gasteiger partial charge in [-0.15, -0.1) is 0 Å². The molecule has 0 aliphatic rings. The lowest BCUT2D eigenvalue weighted by Crippen LogP contribution is -2.13. The zero-order chi connectivity index (χ0) is 22.4. The molecule has 3 rings (SSSR count). The van der Waals surface area contributed by atoms with E-state index in [9.17, 15) is 14.4 Å². The minimum Gasteiger partial charge on any atom is -0.489 e. The number of carbonyl (C=O) groups excluding carboxylic acids is 2. The Labute approximate surface area is 179 Å². The van der Waals surface area contributed by atoms with Gasteiger partial charge in [0.15, 0.2) is 0 Å². The Morgan fingerprint density at radius 2 is 1.81 bits per heavy atom. The molecule has 0 aliphatic carbocycles. The van der Waals surface area contributed by atoms with Gasteiger partial charge in [-0.2, -0.15) is 0 Å². The van der Waals surface area contributed by atoms with E-state index in [-0.39, 0.29) is 25.4 Å². The average Bonchev–Trinajstić information content (AvgIpc) is 2.77. The predicted octanol–water partition coefficient (Wildman–Crippen LogP) is 3.96. The quantitative estimate of drug-likeness (QED) is 0.399. The van der Waals surface area contributed by atoms with Gasteiger partial charge < -0.3 is 18.6 Å². The molecule has 0 N–H and O–H groups in total. The summed E-state index contributed by atoms with van der Waals surface area (Å²) >= 11 is 0. The van der Waals surface area contributed by atoms with E-state index < -0.39 is 11.6 Å². The fourth-order valence-electron chi connectivity index (χ4n) is 3.24.